The Kier molecular flexibility index (Phi) is 3.73. The van der Waals surface area contributed by atoms with E-state index in [1.807, 2.05) is 6.07 Å². The van der Waals surface area contributed by atoms with Crippen LogP contribution in [0.3, 0.4) is 0 Å². The SMILES string of the molecule is COc1ccc(C)c2nc(-c3cc4n(n3)CCCNC4)cc(C)c12. The smallest absolute Gasteiger partial charge is 0.128 e. The molecule has 0 atom stereocenters. The molecule has 0 saturated carbocycles. The summed E-state index contributed by atoms with van der Waals surface area (Å²) < 4.78 is 7.63. The summed E-state index contributed by atoms with van der Waals surface area (Å²) in [6.07, 6.45) is 1.11. The zero-order chi connectivity index (χ0) is 16.7. The summed E-state index contributed by atoms with van der Waals surface area (Å²) >= 11 is 0. The highest BCUT2D eigenvalue weighted by Gasteiger charge is 2.16. The summed E-state index contributed by atoms with van der Waals surface area (Å²) in [5, 5.41) is 9.31. The van der Waals surface area contributed by atoms with Crippen LogP contribution < -0.4 is 10.1 Å². The van der Waals surface area contributed by atoms with Gasteiger partial charge in [-0.1, -0.05) is 6.07 Å². The lowest BCUT2D eigenvalue weighted by atomic mass is 10.0. The Morgan fingerprint density at radius 3 is 2.83 bits per heavy atom. The van der Waals surface area contributed by atoms with Gasteiger partial charge in [0.25, 0.3) is 0 Å². The standard InChI is InChI=1S/C19H22N4O/c1-12-5-6-17(24-3)18-13(2)9-15(21-19(12)18)16-10-14-11-20-7-4-8-23(14)22-16/h5-6,9-10,20H,4,7-8,11H2,1-3H3. The molecule has 0 unspecified atom stereocenters. The third-order valence-corrected chi connectivity index (χ3v) is 4.70. The molecule has 0 saturated heterocycles. The van der Waals surface area contributed by atoms with Gasteiger partial charge in [-0.15, -0.1) is 0 Å². The van der Waals surface area contributed by atoms with Gasteiger partial charge in [0.2, 0.25) is 0 Å². The summed E-state index contributed by atoms with van der Waals surface area (Å²) in [6.45, 7) is 7.07. The fraction of sp³-hybridized carbons (Fsp3) is 0.368. The molecule has 124 valence electrons. The number of benzene rings is 1. The normalized spacial score (nSPS) is 14.5. The second kappa shape index (κ2) is 5.91. The highest BCUT2D eigenvalue weighted by molar-refractivity contribution is 5.92. The lowest BCUT2D eigenvalue weighted by Crippen LogP contribution is -2.11. The Hall–Kier alpha value is -2.40. The summed E-state index contributed by atoms with van der Waals surface area (Å²) in [7, 11) is 1.71. The minimum Gasteiger partial charge on any atom is -0.496 e. The van der Waals surface area contributed by atoms with Crippen LogP contribution in [0.5, 0.6) is 5.75 Å². The number of aromatic nitrogens is 3. The maximum atomic E-state index is 5.52. The molecule has 2 aromatic heterocycles. The molecular weight excluding hydrogens is 300 g/mol. The summed E-state index contributed by atoms with van der Waals surface area (Å²) in [5.74, 6) is 0.872. The van der Waals surface area contributed by atoms with Crippen molar-refractivity contribution in [2.45, 2.75) is 33.4 Å². The number of fused-ring (bicyclic) bond motifs is 2. The molecule has 5 heteroatoms. The molecule has 4 rings (SSSR count). The number of methoxy groups -OCH3 is 1. The van der Waals surface area contributed by atoms with Gasteiger partial charge in [0.15, 0.2) is 0 Å². The number of nitrogens with zero attached hydrogens (tertiary/aromatic N) is 3. The molecule has 0 bridgehead atoms. The van der Waals surface area contributed by atoms with E-state index in [9.17, 15) is 0 Å². The lowest BCUT2D eigenvalue weighted by Gasteiger charge is -2.11. The minimum absolute atomic E-state index is 0.867. The maximum absolute atomic E-state index is 5.52. The predicted octanol–water partition coefficient (Wildman–Crippen LogP) is 3.22. The predicted molar refractivity (Wildman–Crippen MR) is 95.3 cm³/mol. The van der Waals surface area contributed by atoms with Gasteiger partial charge in [-0.2, -0.15) is 5.10 Å². The molecule has 0 amide bonds. The first kappa shape index (κ1) is 15.1. The van der Waals surface area contributed by atoms with Crippen LogP contribution in [-0.2, 0) is 13.1 Å². The Morgan fingerprint density at radius 1 is 1.12 bits per heavy atom. The van der Waals surface area contributed by atoms with Crippen molar-refractivity contribution in [3.63, 3.8) is 0 Å². The first-order valence-electron chi connectivity index (χ1n) is 8.40. The van der Waals surface area contributed by atoms with Crippen LogP contribution in [0, 0.1) is 13.8 Å². The van der Waals surface area contributed by atoms with E-state index in [1.165, 1.54) is 5.69 Å². The summed E-state index contributed by atoms with van der Waals surface area (Å²) in [6, 6.07) is 8.33. The second-order valence-electron chi connectivity index (χ2n) is 6.41. The van der Waals surface area contributed by atoms with Crippen LogP contribution >= 0.6 is 0 Å². The van der Waals surface area contributed by atoms with Crippen molar-refractivity contribution in [3.05, 3.63) is 41.1 Å². The van der Waals surface area contributed by atoms with Gasteiger partial charge in [-0.3, -0.25) is 4.68 Å². The number of hydrogen-bond acceptors (Lipinski definition) is 4. The molecule has 0 fully saturated rings. The first-order valence-corrected chi connectivity index (χ1v) is 8.40. The number of ether oxygens (including phenoxy) is 1. The van der Waals surface area contributed by atoms with Crippen molar-refractivity contribution in [3.8, 4) is 17.1 Å². The molecule has 5 nitrogen and oxygen atoms in total. The van der Waals surface area contributed by atoms with Crippen LogP contribution in [0.25, 0.3) is 22.3 Å². The average molecular weight is 322 g/mol. The zero-order valence-corrected chi connectivity index (χ0v) is 14.4. The molecule has 3 heterocycles. The van der Waals surface area contributed by atoms with Crippen LogP contribution in [0.2, 0.25) is 0 Å². The number of pyridine rings is 1. The third kappa shape index (κ3) is 2.45. The third-order valence-electron chi connectivity index (χ3n) is 4.70. The number of aryl methyl sites for hydroxylation is 3. The van der Waals surface area contributed by atoms with E-state index in [1.54, 1.807) is 7.11 Å². The van der Waals surface area contributed by atoms with Crippen LogP contribution in [0.4, 0.5) is 0 Å². The van der Waals surface area contributed by atoms with E-state index in [-0.39, 0.29) is 0 Å². The largest absolute Gasteiger partial charge is 0.496 e. The molecule has 0 aliphatic carbocycles. The minimum atomic E-state index is 0.867. The van der Waals surface area contributed by atoms with Gasteiger partial charge in [0.05, 0.1) is 24.0 Å². The van der Waals surface area contributed by atoms with E-state index in [4.69, 9.17) is 14.8 Å². The van der Waals surface area contributed by atoms with Crippen LogP contribution in [-0.4, -0.2) is 28.4 Å². The second-order valence-corrected chi connectivity index (χ2v) is 6.41. The van der Waals surface area contributed by atoms with E-state index in [0.717, 1.165) is 65.2 Å². The van der Waals surface area contributed by atoms with E-state index < -0.39 is 0 Å². The van der Waals surface area contributed by atoms with Crippen molar-refractivity contribution in [1.29, 1.82) is 0 Å². The van der Waals surface area contributed by atoms with Gasteiger partial charge >= 0.3 is 0 Å². The fourth-order valence-corrected chi connectivity index (χ4v) is 3.42. The molecule has 1 aliphatic rings. The van der Waals surface area contributed by atoms with Gasteiger partial charge in [-0.25, -0.2) is 4.98 Å². The summed E-state index contributed by atoms with van der Waals surface area (Å²) in [5.41, 5.74) is 6.41. The summed E-state index contributed by atoms with van der Waals surface area (Å²) in [4.78, 5) is 4.91. The topological polar surface area (TPSA) is 52.0 Å². The molecule has 0 spiro atoms. The Bertz CT molecular complexity index is 890. The highest BCUT2D eigenvalue weighted by atomic mass is 16.5. The molecular formula is C19H22N4O. The van der Waals surface area contributed by atoms with Gasteiger partial charge < -0.3 is 10.1 Å². The van der Waals surface area contributed by atoms with Crippen molar-refractivity contribution in [2.24, 2.45) is 0 Å². The molecule has 3 aromatic rings. The molecule has 1 aliphatic heterocycles. The molecule has 24 heavy (non-hydrogen) atoms. The van der Waals surface area contributed by atoms with Gasteiger partial charge in [-0.05, 0) is 56.1 Å². The molecule has 0 radical (unpaired) electrons. The van der Waals surface area contributed by atoms with E-state index in [0.29, 0.717) is 0 Å². The van der Waals surface area contributed by atoms with Gasteiger partial charge in [0, 0.05) is 18.5 Å². The Labute approximate surface area is 141 Å². The van der Waals surface area contributed by atoms with E-state index in [2.05, 4.69) is 42.0 Å². The quantitative estimate of drug-likeness (QED) is 0.787. The fourth-order valence-electron chi connectivity index (χ4n) is 3.42. The average Bonchev–Trinajstić information content (AvgIpc) is 2.86. The number of hydrogen-bond donors (Lipinski definition) is 1. The lowest BCUT2D eigenvalue weighted by molar-refractivity contribution is 0.419. The molecule has 1 aromatic carbocycles. The monoisotopic (exact) mass is 322 g/mol. The Morgan fingerprint density at radius 2 is 2.00 bits per heavy atom. The molecule has 1 N–H and O–H groups in total. The van der Waals surface area contributed by atoms with E-state index >= 15 is 0 Å². The van der Waals surface area contributed by atoms with Crippen molar-refractivity contribution >= 4 is 10.9 Å². The van der Waals surface area contributed by atoms with Crippen molar-refractivity contribution in [2.75, 3.05) is 13.7 Å². The Balaban J connectivity index is 1.88. The number of rotatable bonds is 2. The van der Waals surface area contributed by atoms with Gasteiger partial charge in [0.1, 0.15) is 11.4 Å². The van der Waals surface area contributed by atoms with Crippen LogP contribution in [0.15, 0.2) is 24.3 Å². The first-order chi connectivity index (χ1) is 11.7. The van der Waals surface area contributed by atoms with Crippen molar-refractivity contribution < 1.29 is 4.74 Å². The zero-order valence-electron chi connectivity index (χ0n) is 14.4. The number of nitrogens with one attached hydrogen (secondary N) is 1. The maximum Gasteiger partial charge on any atom is 0.128 e. The van der Waals surface area contributed by atoms with Crippen molar-refractivity contribution in [1.82, 2.24) is 20.1 Å². The van der Waals surface area contributed by atoms with Crippen LogP contribution in [0.1, 0.15) is 23.2 Å². The highest BCUT2D eigenvalue weighted by Crippen LogP contribution is 2.32.